The first-order valence-corrected chi connectivity index (χ1v) is 6.83. The lowest BCUT2D eigenvalue weighted by molar-refractivity contribution is 0.281. The number of hydrogen-bond donors (Lipinski definition) is 1. The van der Waals surface area contributed by atoms with Crippen LogP contribution >= 0.6 is 15.9 Å². The van der Waals surface area contributed by atoms with Crippen LogP contribution in [0.5, 0.6) is 5.75 Å². The van der Waals surface area contributed by atoms with Gasteiger partial charge in [0.2, 0.25) is 10.0 Å². The van der Waals surface area contributed by atoms with Crippen LogP contribution in [0, 0.1) is 0 Å². The summed E-state index contributed by atoms with van der Waals surface area (Å²) in [5, 5.41) is 4.52. The molecule has 1 heterocycles. The summed E-state index contributed by atoms with van der Waals surface area (Å²) in [7, 11) is -3.56. The summed E-state index contributed by atoms with van der Waals surface area (Å²) in [5.41, 5.74) is 0.637. The molecule has 0 aromatic heterocycles. The first-order valence-electron chi connectivity index (χ1n) is 4.43. The van der Waals surface area contributed by atoms with Crippen LogP contribution < -0.4 is 9.88 Å². The van der Waals surface area contributed by atoms with E-state index in [1.807, 2.05) is 6.07 Å². The van der Waals surface area contributed by atoms with Crippen molar-refractivity contribution in [1.29, 1.82) is 0 Å². The van der Waals surface area contributed by atoms with E-state index < -0.39 is 15.3 Å². The van der Waals surface area contributed by atoms with Crippen molar-refractivity contribution in [2.45, 2.75) is 11.7 Å². The molecule has 0 saturated heterocycles. The summed E-state index contributed by atoms with van der Waals surface area (Å²) in [6.45, 7) is 0.372. The maximum absolute atomic E-state index is 11.4. The van der Waals surface area contributed by atoms with E-state index >= 15 is 0 Å². The second-order valence-corrected chi connectivity index (χ2v) is 5.97. The van der Waals surface area contributed by atoms with Gasteiger partial charge in [0, 0.05) is 12.0 Å². The molecule has 1 atom stereocenters. The van der Waals surface area contributed by atoms with Gasteiger partial charge in [0.15, 0.2) is 0 Å². The first kappa shape index (κ1) is 10.9. The minimum Gasteiger partial charge on any atom is -0.492 e. The average Bonchev–Trinajstić information content (AvgIpc) is 2.16. The van der Waals surface area contributed by atoms with Crippen molar-refractivity contribution in [3.63, 3.8) is 0 Å². The second-order valence-electron chi connectivity index (χ2n) is 3.37. The third kappa shape index (κ3) is 2.02. The quantitative estimate of drug-likeness (QED) is 0.854. The van der Waals surface area contributed by atoms with Gasteiger partial charge in [-0.25, -0.2) is 13.6 Å². The van der Waals surface area contributed by atoms with Crippen LogP contribution in [0.3, 0.4) is 0 Å². The molecule has 0 aliphatic carbocycles. The monoisotopic (exact) mass is 291 g/mol. The molecule has 15 heavy (non-hydrogen) atoms. The number of primary sulfonamides is 1. The van der Waals surface area contributed by atoms with Crippen molar-refractivity contribution in [1.82, 2.24) is 0 Å². The normalized spacial score (nSPS) is 20.5. The summed E-state index contributed by atoms with van der Waals surface area (Å²) in [6, 6.07) is 5.31. The van der Waals surface area contributed by atoms with Crippen LogP contribution in [0.2, 0.25) is 0 Å². The smallest absolute Gasteiger partial charge is 0.216 e. The van der Waals surface area contributed by atoms with E-state index in [4.69, 9.17) is 9.88 Å². The summed E-state index contributed by atoms with van der Waals surface area (Å²) in [6.07, 6.45) is 0.405. The van der Waals surface area contributed by atoms with Gasteiger partial charge in [-0.2, -0.15) is 0 Å². The number of ether oxygens (including phenoxy) is 1. The van der Waals surface area contributed by atoms with Gasteiger partial charge in [0.25, 0.3) is 0 Å². The molecule has 1 unspecified atom stereocenters. The van der Waals surface area contributed by atoms with Crippen molar-refractivity contribution in [2.24, 2.45) is 5.14 Å². The number of hydrogen-bond acceptors (Lipinski definition) is 3. The van der Waals surface area contributed by atoms with Crippen molar-refractivity contribution in [3.8, 4) is 5.75 Å². The number of fused-ring (bicyclic) bond motifs is 1. The number of rotatable bonds is 1. The second kappa shape index (κ2) is 3.77. The average molecular weight is 292 g/mol. The number of benzene rings is 1. The zero-order valence-electron chi connectivity index (χ0n) is 7.81. The van der Waals surface area contributed by atoms with Crippen LogP contribution in [-0.4, -0.2) is 15.0 Å². The molecule has 1 aliphatic rings. The number of sulfonamides is 1. The van der Waals surface area contributed by atoms with E-state index in [1.54, 1.807) is 12.1 Å². The van der Waals surface area contributed by atoms with Crippen LogP contribution in [0.1, 0.15) is 17.2 Å². The molecule has 2 N–H and O–H groups in total. The van der Waals surface area contributed by atoms with Crippen LogP contribution in [0.25, 0.3) is 0 Å². The van der Waals surface area contributed by atoms with Crippen molar-refractivity contribution < 1.29 is 13.2 Å². The Balaban J connectivity index is 2.57. The molecule has 0 amide bonds. The summed E-state index contributed by atoms with van der Waals surface area (Å²) >= 11 is 3.32. The zero-order valence-corrected chi connectivity index (χ0v) is 10.2. The summed E-state index contributed by atoms with van der Waals surface area (Å²) in [5.74, 6) is 0.586. The molecule has 4 nitrogen and oxygen atoms in total. The van der Waals surface area contributed by atoms with Gasteiger partial charge >= 0.3 is 0 Å². The standard InChI is InChI=1S/C9H10BrNO3S/c10-7-3-1-2-6-8(15(11,12)13)4-5-14-9(6)7/h1-3,8H,4-5H2,(H2,11,12,13). The fourth-order valence-corrected chi connectivity index (χ4v) is 3.16. The molecule has 6 heteroatoms. The fraction of sp³-hybridized carbons (Fsp3) is 0.333. The highest BCUT2D eigenvalue weighted by Gasteiger charge is 2.30. The van der Waals surface area contributed by atoms with E-state index in [1.165, 1.54) is 0 Å². The lowest BCUT2D eigenvalue weighted by Crippen LogP contribution is -2.27. The van der Waals surface area contributed by atoms with Crippen LogP contribution in [0.15, 0.2) is 22.7 Å². The Labute approximate surface area is 96.6 Å². The number of nitrogens with two attached hydrogens (primary N) is 1. The number of para-hydroxylation sites is 1. The van der Waals surface area contributed by atoms with Gasteiger partial charge in [-0.15, -0.1) is 0 Å². The zero-order chi connectivity index (χ0) is 11.1. The van der Waals surface area contributed by atoms with E-state index in [-0.39, 0.29) is 0 Å². The molecule has 0 radical (unpaired) electrons. The predicted molar refractivity (Wildman–Crippen MR) is 60.1 cm³/mol. The SMILES string of the molecule is NS(=O)(=O)C1CCOc2c(Br)cccc21. The lowest BCUT2D eigenvalue weighted by Gasteiger charge is -2.24. The fourth-order valence-electron chi connectivity index (χ4n) is 1.70. The Hall–Kier alpha value is -0.590. The molecule has 2 rings (SSSR count). The van der Waals surface area contributed by atoms with Gasteiger partial charge in [-0.05, 0) is 22.0 Å². The van der Waals surface area contributed by atoms with Crippen molar-refractivity contribution in [2.75, 3.05) is 6.61 Å². The predicted octanol–water partition coefficient (Wildman–Crippen LogP) is 1.56. The van der Waals surface area contributed by atoms with E-state index in [9.17, 15) is 8.42 Å². The third-order valence-corrected chi connectivity index (χ3v) is 4.27. The minimum absolute atomic E-state index is 0.372. The summed E-state index contributed by atoms with van der Waals surface area (Å²) < 4.78 is 28.9. The van der Waals surface area contributed by atoms with Gasteiger partial charge < -0.3 is 4.74 Å². The Morgan fingerprint density at radius 1 is 1.47 bits per heavy atom. The van der Waals surface area contributed by atoms with Gasteiger partial charge in [0.05, 0.1) is 11.1 Å². The molecular weight excluding hydrogens is 282 g/mol. The van der Waals surface area contributed by atoms with E-state index in [0.29, 0.717) is 24.3 Å². The van der Waals surface area contributed by atoms with E-state index in [0.717, 1.165) is 4.47 Å². The highest BCUT2D eigenvalue weighted by atomic mass is 79.9. The molecule has 1 aromatic rings. The highest BCUT2D eigenvalue weighted by molar-refractivity contribution is 9.10. The minimum atomic E-state index is -3.56. The largest absolute Gasteiger partial charge is 0.492 e. The first-order chi connectivity index (χ1) is 7.00. The third-order valence-electron chi connectivity index (χ3n) is 2.37. The Morgan fingerprint density at radius 2 is 2.20 bits per heavy atom. The Bertz CT molecular complexity index is 486. The number of halogens is 1. The van der Waals surface area contributed by atoms with Crippen LogP contribution in [-0.2, 0) is 10.0 Å². The maximum atomic E-state index is 11.4. The molecule has 1 aliphatic heterocycles. The highest BCUT2D eigenvalue weighted by Crippen LogP contribution is 2.40. The topological polar surface area (TPSA) is 69.4 Å². The van der Waals surface area contributed by atoms with Crippen LogP contribution in [0.4, 0.5) is 0 Å². The molecule has 0 saturated carbocycles. The Kier molecular flexibility index (Phi) is 2.74. The van der Waals surface area contributed by atoms with Gasteiger partial charge in [-0.1, -0.05) is 12.1 Å². The molecule has 0 fully saturated rings. The molecule has 1 aromatic carbocycles. The summed E-state index contributed by atoms with van der Waals surface area (Å²) in [4.78, 5) is 0. The van der Waals surface area contributed by atoms with Gasteiger partial charge in [-0.3, -0.25) is 0 Å². The lowest BCUT2D eigenvalue weighted by atomic mass is 10.1. The van der Waals surface area contributed by atoms with Crippen molar-refractivity contribution in [3.05, 3.63) is 28.2 Å². The van der Waals surface area contributed by atoms with E-state index in [2.05, 4.69) is 15.9 Å². The Morgan fingerprint density at radius 3 is 2.87 bits per heavy atom. The van der Waals surface area contributed by atoms with Crippen molar-refractivity contribution >= 4 is 26.0 Å². The molecule has 0 spiro atoms. The van der Waals surface area contributed by atoms with Gasteiger partial charge in [0.1, 0.15) is 11.0 Å². The molecular formula is C9H10BrNO3S. The maximum Gasteiger partial charge on any atom is 0.216 e. The molecule has 0 bridgehead atoms. The molecule has 82 valence electrons.